The third kappa shape index (κ3) is 17.8. The summed E-state index contributed by atoms with van der Waals surface area (Å²) >= 11 is 0. The van der Waals surface area contributed by atoms with Crippen LogP contribution in [0, 0.1) is 22.7 Å². The molecule has 294 valence electrons. The molecule has 3 nitrogen and oxygen atoms in total. The molecule has 0 aromatic rings. The topological polar surface area (TPSA) is 54.4 Å². The molecule has 0 saturated heterocycles. The van der Waals surface area contributed by atoms with Crippen LogP contribution in [0.1, 0.15) is 64.2 Å². The smallest absolute Gasteiger partial charge is 0.309 e. The summed E-state index contributed by atoms with van der Waals surface area (Å²) in [5.41, 5.74) is -0.102. The van der Waals surface area contributed by atoms with E-state index in [9.17, 15) is 9.59 Å². The van der Waals surface area contributed by atoms with Gasteiger partial charge in [-0.3, -0.25) is 4.79 Å². The highest BCUT2D eigenvalue weighted by Gasteiger charge is 2.52. The van der Waals surface area contributed by atoms with E-state index < -0.39 is 5.97 Å². The van der Waals surface area contributed by atoms with E-state index in [0.29, 0.717) is 0 Å². The average molecular weight is 1260 g/mol. The number of carboxylic acid groups (broad SMARTS) is 1. The van der Waals surface area contributed by atoms with Gasteiger partial charge in [0, 0.05) is 5.41 Å². The lowest BCUT2D eigenvalue weighted by atomic mass is 9.85. The number of carbonyl (C=O) groups excluding carboxylic acids is 1. The van der Waals surface area contributed by atoms with Crippen molar-refractivity contribution in [1.29, 1.82) is 0 Å². The van der Waals surface area contributed by atoms with Crippen LogP contribution in [0.15, 0.2) is 0 Å². The van der Waals surface area contributed by atoms with E-state index >= 15 is 0 Å². The second-order valence-electron chi connectivity index (χ2n) is 12.1. The number of aliphatic carboxylic acids is 1. The number of rotatable bonds is 16. The number of aldehydes is 1. The minimum Gasteiger partial charge on any atom is -0.481 e. The minimum absolute atomic E-state index is 0.0336. The molecular weight excluding hydrogens is 1200 g/mol. The van der Waals surface area contributed by atoms with Crippen molar-refractivity contribution in [1.82, 2.24) is 0 Å². The van der Waals surface area contributed by atoms with Gasteiger partial charge in [0.05, 0.1) is 5.41 Å². The van der Waals surface area contributed by atoms with Gasteiger partial charge in [0.25, 0.3) is 0 Å². The predicted octanol–water partition coefficient (Wildman–Crippen LogP) is 21.3. The van der Waals surface area contributed by atoms with Crippen molar-refractivity contribution in [2.45, 2.75) is 64.2 Å². The van der Waals surface area contributed by atoms with E-state index in [1.165, 1.54) is 38.4 Å². The average Bonchev–Trinajstić information content (AvgIpc) is 3.82. The van der Waals surface area contributed by atoms with E-state index in [1.54, 1.807) is 0 Å². The SMILES string of the molecule is O=C(O)C12CCC(CC1)C2.O=CC12CCC(CC1)C2.PPP(P)P(P(P)P)P(P(P(P)P)P(P)P)P(P(P(P)P)P(P)P)P(P(P)P)P(P)P. The van der Waals surface area contributed by atoms with Crippen molar-refractivity contribution in [2.24, 2.45) is 22.7 Å². The summed E-state index contributed by atoms with van der Waals surface area (Å²) < 4.78 is 0. The van der Waals surface area contributed by atoms with Crippen LogP contribution in [-0.4, -0.2) is 17.4 Å². The quantitative estimate of drug-likeness (QED) is 0.124. The Morgan fingerprint density at radius 2 is 0.860 bits per heavy atom. The summed E-state index contributed by atoms with van der Waals surface area (Å²) in [4.78, 5) is 21.4. The molecule has 0 aromatic heterocycles. The molecule has 4 aliphatic carbocycles. The van der Waals surface area contributed by atoms with Crippen LogP contribution in [0.3, 0.4) is 0 Å². The Kier molecular flexibility index (Phi) is 34.4. The molecule has 0 amide bonds. The molecule has 4 aliphatic rings. The van der Waals surface area contributed by atoms with Crippen LogP contribution in [0.5, 0.6) is 0 Å². The van der Waals surface area contributed by atoms with E-state index in [-0.39, 0.29) is 109 Å². The molecule has 4 saturated carbocycles. The zero-order chi connectivity index (χ0) is 38.3. The van der Waals surface area contributed by atoms with E-state index in [0.717, 1.165) is 51.9 Å². The normalized spacial score (nSPS) is 28.1. The van der Waals surface area contributed by atoms with Crippen molar-refractivity contribution in [3.63, 3.8) is 0 Å². The maximum Gasteiger partial charge on any atom is 0.309 e. The first kappa shape index (κ1) is 58.6. The fourth-order valence-electron chi connectivity index (χ4n) is 6.58. The van der Waals surface area contributed by atoms with Gasteiger partial charge in [-0.15, -0.1) is 143 Å². The zero-order valence-electron chi connectivity index (χ0n) is 27.6. The van der Waals surface area contributed by atoms with Gasteiger partial charge in [-0.05, 0) is 174 Å². The second kappa shape index (κ2) is 29.4. The Hall–Kier alpha value is 12.5. The minimum atomic E-state index is -0.549. The van der Waals surface area contributed by atoms with Gasteiger partial charge < -0.3 is 9.90 Å². The van der Waals surface area contributed by atoms with Gasteiger partial charge in [0.1, 0.15) is 6.29 Å². The molecular formula is C16H57O3P31. The van der Waals surface area contributed by atoms with Crippen LogP contribution in [-0.2, 0) is 9.59 Å². The molecule has 0 spiro atoms. The maximum absolute atomic E-state index is 10.8. The lowest BCUT2D eigenvalue weighted by molar-refractivity contribution is -0.148. The summed E-state index contributed by atoms with van der Waals surface area (Å²) in [5.74, 6) is 1.11. The summed E-state index contributed by atoms with van der Waals surface area (Å²) in [6.45, 7) is -0.107. The fourth-order valence-corrected chi connectivity index (χ4v) is 414. The number of hydrogen-bond donors (Lipinski definition) is 1. The molecule has 4 rings (SSSR count). The Bertz CT molecular complexity index is 987. The monoisotopic (exact) mass is 1260 g/mol. The maximum atomic E-state index is 10.8. The summed E-state index contributed by atoms with van der Waals surface area (Å²) in [7, 11) is 53.9. The van der Waals surface area contributed by atoms with Crippen molar-refractivity contribution < 1.29 is 14.7 Å². The molecule has 4 fully saturated rings. The Morgan fingerprint density at radius 1 is 0.540 bits per heavy atom. The highest BCUT2D eigenvalue weighted by atomic mass is 33.5. The third-order valence-corrected chi connectivity index (χ3v) is 214. The molecule has 20 atom stereocenters. The highest BCUT2D eigenvalue weighted by molar-refractivity contribution is 9.44. The number of fused-ring (bicyclic) bond motifs is 4. The van der Waals surface area contributed by atoms with Crippen LogP contribution in [0.4, 0.5) is 0 Å². The van der Waals surface area contributed by atoms with Crippen LogP contribution >= 0.6 is 249 Å². The Labute approximate surface area is 358 Å². The van der Waals surface area contributed by atoms with Gasteiger partial charge >= 0.3 is 5.97 Å². The highest BCUT2D eigenvalue weighted by Crippen LogP contribution is 3.39. The molecule has 0 aliphatic heterocycles. The van der Waals surface area contributed by atoms with Gasteiger partial charge in [-0.2, -0.15) is 0 Å². The number of hydrogen-bond acceptors (Lipinski definition) is 2. The van der Waals surface area contributed by atoms with Crippen LogP contribution < -0.4 is 0 Å². The fraction of sp³-hybridized carbons (Fsp3) is 0.875. The molecule has 50 heavy (non-hydrogen) atoms. The summed E-state index contributed by atoms with van der Waals surface area (Å²) in [6, 6.07) is 0. The van der Waals surface area contributed by atoms with E-state index in [1.807, 2.05) is 0 Å². The first-order valence-electron chi connectivity index (χ1n) is 14.8. The van der Waals surface area contributed by atoms with E-state index in [2.05, 4.69) is 143 Å². The lowest BCUT2D eigenvalue weighted by Gasteiger charge is -2.52. The van der Waals surface area contributed by atoms with Crippen molar-refractivity contribution >= 4 is 261 Å². The van der Waals surface area contributed by atoms with Crippen LogP contribution in [0.25, 0.3) is 0 Å². The predicted molar refractivity (Wildman–Crippen MR) is 332 cm³/mol. The van der Waals surface area contributed by atoms with Gasteiger partial charge in [0.15, 0.2) is 0 Å². The van der Waals surface area contributed by atoms with Crippen molar-refractivity contribution in [3.8, 4) is 0 Å². The first-order valence-corrected chi connectivity index (χ1v) is 70.6. The van der Waals surface area contributed by atoms with E-state index in [4.69, 9.17) is 5.11 Å². The van der Waals surface area contributed by atoms with Crippen molar-refractivity contribution in [2.75, 3.05) is 0 Å². The van der Waals surface area contributed by atoms with Gasteiger partial charge in [-0.1, -0.05) is 7.96 Å². The Morgan fingerprint density at radius 3 is 1.04 bits per heavy atom. The number of carbonyl (C=O) groups is 2. The third-order valence-electron chi connectivity index (χ3n) is 8.81. The van der Waals surface area contributed by atoms with Crippen molar-refractivity contribution in [3.05, 3.63) is 0 Å². The molecule has 1 N–H and O–H groups in total. The number of carboxylic acids is 1. The second-order valence-corrected chi connectivity index (χ2v) is 135. The van der Waals surface area contributed by atoms with Gasteiger partial charge in [-0.25, -0.2) is 0 Å². The molecule has 20 unspecified atom stereocenters. The molecule has 4 bridgehead atoms. The van der Waals surface area contributed by atoms with Gasteiger partial charge in [0.2, 0.25) is 0 Å². The molecule has 0 heterocycles. The van der Waals surface area contributed by atoms with Crippen LogP contribution in [0.2, 0.25) is 0 Å². The summed E-state index contributed by atoms with van der Waals surface area (Å²) in [5, 5.41) is 8.89. The standard InChI is InChI=1S/C8H12O2.C8H12O.H33P31/c9-7(10)8-3-1-6(5-8)2-4-8;9-6-8-3-1-7(5-8)2-4-8;1-17-25(16)29(24(14)15)31(28(22(10)11)23(12)13)30(26(18(2)3)19(4)5)27(20(6)7)21(8)9/h6H,1-5H2,(H,9,10);6-7H,1-5H2;17H,1-16H2. The first-order chi connectivity index (χ1) is 23.2. The molecule has 0 radical (unpaired) electrons. The lowest BCUT2D eigenvalue weighted by Crippen LogP contribution is -2.25. The zero-order valence-corrected chi connectivity index (χ0v) is 59.6. The molecule has 34 heteroatoms. The molecule has 0 aromatic carbocycles. The summed E-state index contributed by atoms with van der Waals surface area (Å²) in [6.07, 6.45) is 12.6. The largest absolute Gasteiger partial charge is 0.481 e. The Balaban J connectivity index is 0.000000357.